The third kappa shape index (κ3) is 4.67. The predicted molar refractivity (Wildman–Crippen MR) is 120 cm³/mol. The Morgan fingerprint density at radius 1 is 1.06 bits per heavy atom. The van der Waals surface area contributed by atoms with Crippen LogP contribution in [0.3, 0.4) is 0 Å². The second-order valence-corrected chi connectivity index (χ2v) is 9.48. The largest absolute Gasteiger partial charge is 0.394 e. The Balaban J connectivity index is 1.57. The van der Waals surface area contributed by atoms with E-state index in [1.807, 2.05) is 37.3 Å². The molecule has 5 atom stereocenters. The molecule has 0 spiro atoms. The van der Waals surface area contributed by atoms with E-state index >= 15 is 0 Å². The van der Waals surface area contributed by atoms with Gasteiger partial charge in [-0.3, -0.25) is 0 Å². The van der Waals surface area contributed by atoms with Crippen molar-refractivity contribution < 1.29 is 20.1 Å². The summed E-state index contributed by atoms with van der Waals surface area (Å²) in [4.78, 5) is 0. The van der Waals surface area contributed by atoms with Crippen molar-refractivity contribution in [3.63, 3.8) is 0 Å². The SMILES string of the molecule is Cc1ccc(-c2nnc(Cc3cc(C4O[C@H](CO)[C@@H](C)[C@H](O)[C@H]4O)ccc3Cl)s2)cc1. The van der Waals surface area contributed by atoms with Crippen molar-refractivity contribution in [1.82, 2.24) is 10.2 Å². The summed E-state index contributed by atoms with van der Waals surface area (Å²) in [7, 11) is 0. The summed E-state index contributed by atoms with van der Waals surface area (Å²) in [6, 6.07) is 13.5. The molecule has 2 heterocycles. The fourth-order valence-electron chi connectivity index (χ4n) is 3.80. The molecule has 1 aliphatic heterocycles. The molecule has 164 valence electrons. The molecule has 0 bridgehead atoms. The van der Waals surface area contributed by atoms with Gasteiger partial charge in [0.15, 0.2) is 0 Å². The number of aliphatic hydroxyl groups excluding tert-OH is 3. The zero-order chi connectivity index (χ0) is 22.1. The number of aromatic nitrogens is 2. The second kappa shape index (κ2) is 9.32. The average molecular weight is 461 g/mol. The lowest BCUT2D eigenvalue weighted by Crippen LogP contribution is -2.50. The number of aryl methyl sites for hydroxylation is 1. The van der Waals surface area contributed by atoms with E-state index in [2.05, 4.69) is 10.2 Å². The highest BCUT2D eigenvalue weighted by Gasteiger charge is 2.42. The quantitative estimate of drug-likeness (QED) is 0.539. The Labute approximate surface area is 190 Å². The lowest BCUT2D eigenvalue weighted by atomic mass is 9.85. The monoisotopic (exact) mass is 460 g/mol. The molecule has 0 saturated carbocycles. The number of ether oxygens (including phenoxy) is 1. The van der Waals surface area contributed by atoms with E-state index in [0.717, 1.165) is 21.1 Å². The molecular formula is C23H25ClN2O4S. The van der Waals surface area contributed by atoms with Gasteiger partial charge in [-0.2, -0.15) is 0 Å². The third-order valence-corrected chi connectivity index (χ3v) is 7.13. The minimum Gasteiger partial charge on any atom is -0.394 e. The van der Waals surface area contributed by atoms with E-state index in [0.29, 0.717) is 17.0 Å². The van der Waals surface area contributed by atoms with Crippen LogP contribution in [0.15, 0.2) is 42.5 Å². The van der Waals surface area contributed by atoms with Crippen LogP contribution in [0.5, 0.6) is 0 Å². The Morgan fingerprint density at radius 2 is 1.81 bits per heavy atom. The fraction of sp³-hybridized carbons (Fsp3) is 0.391. The number of halogens is 1. The summed E-state index contributed by atoms with van der Waals surface area (Å²) in [5, 5.41) is 41.4. The molecular weight excluding hydrogens is 436 g/mol. The number of hydrogen-bond acceptors (Lipinski definition) is 7. The van der Waals surface area contributed by atoms with Gasteiger partial charge in [-0.1, -0.05) is 71.8 Å². The van der Waals surface area contributed by atoms with Gasteiger partial charge in [0.25, 0.3) is 0 Å². The van der Waals surface area contributed by atoms with Crippen LogP contribution in [0.1, 0.15) is 34.7 Å². The molecule has 1 aliphatic rings. The molecule has 3 aromatic rings. The predicted octanol–water partition coefficient (Wildman–Crippen LogP) is 3.55. The summed E-state index contributed by atoms with van der Waals surface area (Å²) in [6.45, 7) is 3.56. The van der Waals surface area contributed by atoms with Crippen molar-refractivity contribution in [3.05, 3.63) is 69.2 Å². The highest BCUT2D eigenvalue weighted by atomic mass is 35.5. The van der Waals surface area contributed by atoms with Crippen LogP contribution in [0.2, 0.25) is 5.02 Å². The molecule has 1 unspecified atom stereocenters. The fourth-order valence-corrected chi connectivity index (χ4v) is 4.85. The summed E-state index contributed by atoms with van der Waals surface area (Å²) >= 11 is 7.94. The van der Waals surface area contributed by atoms with E-state index in [1.165, 1.54) is 16.9 Å². The standard InChI is InChI=1S/C23H25ClN2O4S/c1-12-3-5-14(6-4-12)23-26-25-19(31-23)10-16-9-15(7-8-17(16)24)22-21(29)20(28)13(2)18(11-27)30-22/h3-9,13,18,20-22,27-29H,10-11H2,1-2H3/t13-,18-,20+,21-,22?/m1/s1. The molecule has 6 nitrogen and oxygen atoms in total. The van der Waals surface area contributed by atoms with Crippen molar-refractivity contribution in [2.75, 3.05) is 6.61 Å². The maximum Gasteiger partial charge on any atom is 0.147 e. The third-order valence-electron chi connectivity index (χ3n) is 5.79. The number of nitrogens with zero attached hydrogens (tertiary/aromatic N) is 2. The Morgan fingerprint density at radius 3 is 2.52 bits per heavy atom. The van der Waals surface area contributed by atoms with Crippen LogP contribution >= 0.6 is 22.9 Å². The normalized spacial score (nSPS) is 26.2. The first-order valence-electron chi connectivity index (χ1n) is 10.2. The van der Waals surface area contributed by atoms with Crippen LogP contribution < -0.4 is 0 Å². The number of rotatable bonds is 5. The molecule has 3 N–H and O–H groups in total. The molecule has 0 aliphatic carbocycles. The van der Waals surface area contributed by atoms with E-state index in [9.17, 15) is 15.3 Å². The van der Waals surface area contributed by atoms with Crippen LogP contribution in [-0.4, -0.2) is 50.4 Å². The number of aliphatic hydroxyl groups is 3. The first kappa shape index (κ1) is 22.3. The molecule has 2 aromatic carbocycles. The van der Waals surface area contributed by atoms with E-state index in [4.69, 9.17) is 16.3 Å². The Kier molecular flexibility index (Phi) is 6.71. The molecule has 1 fully saturated rings. The average Bonchev–Trinajstić information content (AvgIpc) is 3.23. The highest BCUT2D eigenvalue weighted by molar-refractivity contribution is 7.14. The van der Waals surface area contributed by atoms with E-state index in [-0.39, 0.29) is 12.5 Å². The Bertz CT molecular complexity index is 1040. The van der Waals surface area contributed by atoms with Crippen molar-refractivity contribution in [1.29, 1.82) is 0 Å². The minimum absolute atomic E-state index is 0.228. The van der Waals surface area contributed by atoms with Crippen LogP contribution in [0.25, 0.3) is 10.6 Å². The van der Waals surface area contributed by atoms with Gasteiger partial charge in [0.2, 0.25) is 0 Å². The van der Waals surface area contributed by atoms with Gasteiger partial charge < -0.3 is 20.1 Å². The summed E-state index contributed by atoms with van der Waals surface area (Å²) < 4.78 is 5.90. The molecule has 4 rings (SSSR count). The molecule has 1 aromatic heterocycles. The first-order valence-corrected chi connectivity index (χ1v) is 11.4. The van der Waals surface area contributed by atoms with Crippen molar-refractivity contribution in [3.8, 4) is 10.6 Å². The highest BCUT2D eigenvalue weighted by Crippen LogP contribution is 2.37. The van der Waals surface area contributed by atoms with Gasteiger partial charge in [-0.15, -0.1) is 10.2 Å². The van der Waals surface area contributed by atoms with Gasteiger partial charge in [0, 0.05) is 22.9 Å². The molecule has 8 heteroatoms. The summed E-state index contributed by atoms with van der Waals surface area (Å²) in [6.07, 6.45) is -2.90. The van der Waals surface area contributed by atoms with Gasteiger partial charge in [0.1, 0.15) is 22.2 Å². The number of benzene rings is 2. The first-order chi connectivity index (χ1) is 14.9. The van der Waals surface area contributed by atoms with E-state index < -0.39 is 24.4 Å². The second-order valence-electron chi connectivity index (χ2n) is 8.01. The van der Waals surface area contributed by atoms with Crippen LogP contribution in [0.4, 0.5) is 0 Å². The number of hydrogen-bond donors (Lipinski definition) is 3. The molecule has 0 radical (unpaired) electrons. The molecule has 1 saturated heterocycles. The maximum atomic E-state index is 10.6. The van der Waals surface area contributed by atoms with E-state index in [1.54, 1.807) is 19.1 Å². The lowest BCUT2D eigenvalue weighted by molar-refractivity contribution is -0.207. The Hall–Kier alpha value is -1.87. The lowest BCUT2D eigenvalue weighted by Gasteiger charge is -2.41. The van der Waals surface area contributed by atoms with Gasteiger partial charge in [0.05, 0.1) is 18.8 Å². The van der Waals surface area contributed by atoms with Crippen molar-refractivity contribution >= 4 is 22.9 Å². The van der Waals surface area contributed by atoms with Crippen LogP contribution in [-0.2, 0) is 11.2 Å². The zero-order valence-electron chi connectivity index (χ0n) is 17.3. The maximum absolute atomic E-state index is 10.6. The van der Waals surface area contributed by atoms with Crippen molar-refractivity contribution in [2.45, 2.75) is 44.7 Å². The van der Waals surface area contributed by atoms with Crippen molar-refractivity contribution in [2.24, 2.45) is 5.92 Å². The summed E-state index contributed by atoms with van der Waals surface area (Å²) in [5.41, 5.74) is 3.73. The smallest absolute Gasteiger partial charge is 0.147 e. The van der Waals surface area contributed by atoms with Gasteiger partial charge in [-0.05, 0) is 24.1 Å². The van der Waals surface area contributed by atoms with Gasteiger partial charge in [-0.25, -0.2) is 0 Å². The zero-order valence-corrected chi connectivity index (χ0v) is 18.8. The topological polar surface area (TPSA) is 95.7 Å². The molecule has 31 heavy (non-hydrogen) atoms. The minimum atomic E-state index is -1.10. The summed E-state index contributed by atoms with van der Waals surface area (Å²) in [5.74, 6) is -0.371. The molecule has 0 amide bonds. The van der Waals surface area contributed by atoms with Gasteiger partial charge >= 0.3 is 0 Å². The van der Waals surface area contributed by atoms with Crippen LogP contribution in [0, 0.1) is 12.8 Å².